The van der Waals surface area contributed by atoms with Gasteiger partial charge in [-0.25, -0.2) is 5.06 Å². The van der Waals surface area contributed by atoms with Crippen molar-refractivity contribution in [2.24, 2.45) is 0 Å². The molecular weight excluding hydrogens is 94.0 g/mol. The Morgan fingerprint density at radius 2 is 2.71 bits per heavy atom. The number of hydrogen-bond donors (Lipinski definition) is 0. The number of amides is 1. The number of hydroxylamine groups is 2. The van der Waals surface area contributed by atoms with E-state index < -0.39 is 0 Å². The molecule has 1 aliphatic heterocycles. The summed E-state index contributed by atoms with van der Waals surface area (Å²) in [5.74, 6) is -0.0556. The largest absolute Gasteiger partial charge is 0.272 e. The average Bonchev–Trinajstić information content (AvgIpc) is 1.91. The van der Waals surface area contributed by atoms with Gasteiger partial charge in [-0.3, -0.25) is 9.63 Å². The van der Waals surface area contributed by atoms with Crippen molar-refractivity contribution in [1.82, 2.24) is 5.06 Å². The van der Waals surface area contributed by atoms with Gasteiger partial charge in [0.05, 0.1) is 13.0 Å². The van der Waals surface area contributed by atoms with Crippen molar-refractivity contribution in [1.29, 1.82) is 0 Å². The fourth-order valence-corrected chi connectivity index (χ4v) is 0.413. The highest BCUT2D eigenvalue weighted by Gasteiger charge is 2.16. The van der Waals surface area contributed by atoms with E-state index in [1.54, 1.807) is 7.05 Å². The molecule has 0 saturated carbocycles. The van der Waals surface area contributed by atoms with E-state index in [-0.39, 0.29) is 5.91 Å². The molecule has 1 saturated heterocycles. The third kappa shape index (κ3) is 0.718. The minimum absolute atomic E-state index is 0.0556. The minimum Gasteiger partial charge on any atom is -0.272 e. The van der Waals surface area contributed by atoms with Crippen molar-refractivity contribution in [3.63, 3.8) is 0 Å². The van der Waals surface area contributed by atoms with Gasteiger partial charge < -0.3 is 0 Å². The highest BCUT2D eigenvalue weighted by atomic mass is 16.7. The van der Waals surface area contributed by atoms with Gasteiger partial charge in [0.2, 0.25) is 0 Å². The SMILES string of the molecule is CN1OC[CH]C1=O. The number of carbonyl (C=O) groups excluding carboxylic acids is 1. The molecule has 3 heteroatoms. The molecule has 0 aromatic rings. The van der Waals surface area contributed by atoms with E-state index in [0.717, 1.165) is 0 Å². The first-order chi connectivity index (χ1) is 3.30. The lowest BCUT2D eigenvalue weighted by molar-refractivity contribution is -0.154. The maximum atomic E-state index is 10.3. The van der Waals surface area contributed by atoms with Crippen LogP contribution in [0.2, 0.25) is 0 Å². The van der Waals surface area contributed by atoms with Crippen LogP contribution >= 0.6 is 0 Å². The molecule has 3 nitrogen and oxygen atoms in total. The van der Waals surface area contributed by atoms with Crippen LogP contribution in [-0.4, -0.2) is 24.6 Å². The Hall–Kier alpha value is -0.570. The smallest absolute Gasteiger partial charge is 0.252 e. The van der Waals surface area contributed by atoms with Crippen LogP contribution in [0.25, 0.3) is 0 Å². The summed E-state index contributed by atoms with van der Waals surface area (Å²) < 4.78 is 0. The van der Waals surface area contributed by atoms with E-state index in [1.807, 2.05) is 0 Å². The second kappa shape index (κ2) is 1.50. The number of hydrogen-bond acceptors (Lipinski definition) is 2. The van der Waals surface area contributed by atoms with Crippen LogP contribution in [0, 0.1) is 6.42 Å². The maximum absolute atomic E-state index is 10.3. The molecule has 1 fully saturated rings. The van der Waals surface area contributed by atoms with Crippen molar-refractivity contribution in [3.8, 4) is 0 Å². The zero-order valence-electron chi connectivity index (χ0n) is 4.05. The minimum atomic E-state index is -0.0556. The Kier molecular flexibility index (Phi) is 0.982. The van der Waals surface area contributed by atoms with Gasteiger partial charge in [-0.05, 0) is 0 Å². The Bertz CT molecular complexity index is 91.7. The Balaban J connectivity index is 2.48. The molecular formula is C4H6NO2. The Labute approximate surface area is 41.8 Å². The van der Waals surface area contributed by atoms with Crippen molar-refractivity contribution in [3.05, 3.63) is 6.42 Å². The van der Waals surface area contributed by atoms with E-state index >= 15 is 0 Å². The van der Waals surface area contributed by atoms with E-state index in [9.17, 15) is 4.79 Å². The van der Waals surface area contributed by atoms with Gasteiger partial charge in [0.25, 0.3) is 5.91 Å². The predicted octanol–water partition coefficient (Wildman–Crippen LogP) is -0.406. The number of nitrogens with zero attached hydrogens (tertiary/aromatic N) is 1. The van der Waals surface area contributed by atoms with Crippen molar-refractivity contribution < 1.29 is 9.63 Å². The summed E-state index contributed by atoms with van der Waals surface area (Å²) in [7, 11) is 1.59. The normalized spacial score (nSPS) is 21.3. The summed E-state index contributed by atoms with van der Waals surface area (Å²) in [4.78, 5) is 15.0. The first-order valence-corrected chi connectivity index (χ1v) is 2.04. The predicted molar refractivity (Wildman–Crippen MR) is 23.0 cm³/mol. The lowest BCUT2D eigenvalue weighted by Gasteiger charge is -2.02. The van der Waals surface area contributed by atoms with Crippen molar-refractivity contribution >= 4 is 5.91 Å². The standard InChI is InChI=1S/C4H6NO2/c1-5-4(6)2-3-7-5/h2H,3H2,1H3. The second-order valence-electron chi connectivity index (χ2n) is 1.34. The van der Waals surface area contributed by atoms with E-state index in [1.165, 1.54) is 11.5 Å². The van der Waals surface area contributed by atoms with Crippen LogP contribution in [-0.2, 0) is 9.63 Å². The van der Waals surface area contributed by atoms with Crippen molar-refractivity contribution in [2.75, 3.05) is 13.7 Å². The monoisotopic (exact) mass is 100 g/mol. The second-order valence-corrected chi connectivity index (χ2v) is 1.34. The fourth-order valence-electron chi connectivity index (χ4n) is 0.413. The highest BCUT2D eigenvalue weighted by molar-refractivity contribution is 5.85. The van der Waals surface area contributed by atoms with E-state index in [4.69, 9.17) is 4.84 Å². The van der Waals surface area contributed by atoms with Crippen LogP contribution in [0.3, 0.4) is 0 Å². The summed E-state index contributed by atoms with van der Waals surface area (Å²) in [6.45, 7) is 0.426. The molecule has 0 unspecified atom stereocenters. The molecule has 1 radical (unpaired) electrons. The summed E-state index contributed by atoms with van der Waals surface area (Å²) in [5.41, 5.74) is 0. The molecule has 0 aromatic carbocycles. The summed E-state index contributed by atoms with van der Waals surface area (Å²) >= 11 is 0. The molecule has 0 N–H and O–H groups in total. The van der Waals surface area contributed by atoms with Gasteiger partial charge in [0, 0.05) is 7.05 Å². The van der Waals surface area contributed by atoms with Crippen LogP contribution in [0.15, 0.2) is 0 Å². The average molecular weight is 100 g/mol. The van der Waals surface area contributed by atoms with Gasteiger partial charge >= 0.3 is 0 Å². The first-order valence-electron chi connectivity index (χ1n) is 2.04. The fraction of sp³-hybridized carbons (Fsp3) is 0.500. The Morgan fingerprint density at radius 1 is 2.00 bits per heavy atom. The molecule has 1 rings (SSSR count). The molecule has 39 valence electrons. The van der Waals surface area contributed by atoms with Crippen LogP contribution in [0.1, 0.15) is 0 Å². The quantitative estimate of drug-likeness (QED) is 0.414. The molecule has 0 bridgehead atoms. The molecule has 1 amide bonds. The Morgan fingerprint density at radius 3 is 2.86 bits per heavy atom. The zero-order chi connectivity index (χ0) is 5.28. The van der Waals surface area contributed by atoms with Crippen LogP contribution in [0.5, 0.6) is 0 Å². The molecule has 0 aliphatic carbocycles. The first kappa shape index (κ1) is 4.59. The molecule has 1 aliphatic rings. The summed E-state index contributed by atoms with van der Waals surface area (Å²) in [5, 5.41) is 1.21. The molecule has 7 heavy (non-hydrogen) atoms. The third-order valence-corrected chi connectivity index (χ3v) is 0.836. The van der Waals surface area contributed by atoms with Gasteiger partial charge in [0.15, 0.2) is 0 Å². The molecule has 1 heterocycles. The van der Waals surface area contributed by atoms with Gasteiger partial charge in [-0.2, -0.15) is 0 Å². The molecule has 0 aromatic heterocycles. The lowest BCUT2D eigenvalue weighted by Crippen LogP contribution is -2.16. The molecule has 0 atom stereocenters. The maximum Gasteiger partial charge on any atom is 0.252 e. The highest BCUT2D eigenvalue weighted by Crippen LogP contribution is 1.99. The van der Waals surface area contributed by atoms with Crippen LogP contribution < -0.4 is 0 Å². The zero-order valence-corrected chi connectivity index (χ0v) is 4.05. The number of carbonyl (C=O) groups is 1. The van der Waals surface area contributed by atoms with E-state index in [2.05, 4.69) is 0 Å². The number of rotatable bonds is 0. The topological polar surface area (TPSA) is 29.5 Å². The summed E-state index contributed by atoms with van der Waals surface area (Å²) in [6, 6.07) is 0. The van der Waals surface area contributed by atoms with Gasteiger partial charge in [-0.1, -0.05) is 0 Å². The van der Waals surface area contributed by atoms with Crippen LogP contribution in [0.4, 0.5) is 0 Å². The van der Waals surface area contributed by atoms with Gasteiger partial charge in [-0.15, -0.1) is 0 Å². The lowest BCUT2D eigenvalue weighted by atomic mass is 10.5. The summed E-state index contributed by atoms with van der Waals surface area (Å²) in [6.07, 6.45) is 1.49. The van der Waals surface area contributed by atoms with E-state index in [0.29, 0.717) is 6.61 Å². The third-order valence-electron chi connectivity index (χ3n) is 0.836. The van der Waals surface area contributed by atoms with Gasteiger partial charge in [0.1, 0.15) is 0 Å². The van der Waals surface area contributed by atoms with Crippen molar-refractivity contribution in [2.45, 2.75) is 0 Å². The molecule has 0 spiro atoms.